The molecular weight excluding hydrogens is 198 g/mol. The van der Waals surface area contributed by atoms with Crippen molar-refractivity contribution in [3.63, 3.8) is 0 Å². The zero-order valence-corrected chi connectivity index (χ0v) is 8.89. The second-order valence-corrected chi connectivity index (χ2v) is 4.62. The molecule has 0 atom stereocenters. The van der Waals surface area contributed by atoms with Gasteiger partial charge in [-0.1, -0.05) is 24.6 Å². The largest absolute Gasteiger partial charge is 0.396 e. The van der Waals surface area contributed by atoms with Crippen LogP contribution in [0.5, 0.6) is 0 Å². The summed E-state index contributed by atoms with van der Waals surface area (Å²) >= 11 is 1.50. The zero-order chi connectivity index (χ0) is 9.80. The molecule has 2 rings (SSSR count). The maximum Gasteiger partial charge on any atom is 0.208 e. The first kappa shape index (κ1) is 9.98. The molecular formula is C9H15N3OS. The standard InChI is InChI=1S/C9H15N3OS/c13-5-6-14-9-10-8(11-12-9)7-3-1-2-4-7/h7,13H,1-6H2,(H,10,11,12). The van der Waals surface area contributed by atoms with Crippen molar-refractivity contribution >= 4 is 11.8 Å². The summed E-state index contributed by atoms with van der Waals surface area (Å²) < 4.78 is 0. The van der Waals surface area contributed by atoms with Gasteiger partial charge in [0.15, 0.2) is 0 Å². The Balaban J connectivity index is 1.94. The first-order valence-corrected chi connectivity index (χ1v) is 6.04. The van der Waals surface area contributed by atoms with Crippen LogP contribution >= 0.6 is 11.8 Å². The summed E-state index contributed by atoms with van der Waals surface area (Å²) in [4.78, 5) is 4.41. The molecule has 0 aliphatic heterocycles. The first-order chi connectivity index (χ1) is 6.90. The van der Waals surface area contributed by atoms with Gasteiger partial charge in [0.2, 0.25) is 5.16 Å². The van der Waals surface area contributed by atoms with Crippen molar-refractivity contribution in [1.82, 2.24) is 15.2 Å². The average Bonchev–Trinajstić information content (AvgIpc) is 2.85. The predicted octanol–water partition coefficient (Wildman–Crippen LogP) is 1.55. The molecule has 1 aromatic heterocycles. The number of rotatable bonds is 4. The maximum atomic E-state index is 8.66. The summed E-state index contributed by atoms with van der Waals surface area (Å²) in [5.41, 5.74) is 0. The molecule has 4 nitrogen and oxygen atoms in total. The number of thioether (sulfide) groups is 1. The highest BCUT2D eigenvalue weighted by molar-refractivity contribution is 7.99. The Labute approximate surface area is 87.5 Å². The minimum Gasteiger partial charge on any atom is -0.396 e. The van der Waals surface area contributed by atoms with E-state index in [-0.39, 0.29) is 6.61 Å². The fraction of sp³-hybridized carbons (Fsp3) is 0.778. The third-order valence-corrected chi connectivity index (χ3v) is 3.37. The number of aromatic amines is 1. The van der Waals surface area contributed by atoms with Gasteiger partial charge in [-0.3, -0.25) is 5.10 Å². The monoisotopic (exact) mass is 213 g/mol. The molecule has 1 aliphatic carbocycles. The van der Waals surface area contributed by atoms with E-state index in [9.17, 15) is 0 Å². The van der Waals surface area contributed by atoms with Crippen molar-refractivity contribution in [2.24, 2.45) is 0 Å². The van der Waals surface area contributed by atoms with Crippen LogP contribution in [0.2, 0.25) is 0 Å². The minimum absolute atomic E-state index is 0.179. The molecule has 0 unspecified atom stereocenters. The lowest BCUT2D eigenvalue weighted by atomic mass is 10.1. The number of hydrogen-bond acceptors (Lipinski definition) is 4. The van der Waals surface area contributed by atoms with Crippen LogP contribution in [-0.2, 0) is 0 Å². The molecule has 0 spiro atoms. The van der Waals surface area contributed by atoms with Gasteiger partial charge in [0.25, 0.3) is 0 Å². The van der Waals surface area contributed by atoms with Gasteiger partial charge in [-0.05, 0) is 12.8 Å². The topological polar surface area (TPSA) is 61.8 Å². The Morgan fingerprint density at radius 1 is 1.43 bits per heavy atom. The number of nitrogens with one attached hydrogen (secondary N) is 1. The van der Waals surface area contributed by atoms with Crippen LogP contribution < -0.4 is 0 Å². The smallest absolute Gasteiger partial charge is 0.208 e. The van der Waals surface area contributed by atoms with E-state index in [4.69, 9.17) is 5.11 Å². The average molecular weight is 213 g/mol. The summed E-state index contributed by atoms with van der Waals surface area (Å²) in [6, 6.07) is 0. The van der Waals surface area contributed by atoms with Crippen molar-refractivity contribution in [2.45, 2.75) is 36.8 Å². The van der Waals surface area contributed by atoms with Crippen molar-refractivity contribution in [1.29, 1.82) is 0 Å². The Morgan fingerprint density at radius 3 is 2.93 bits per heavy atom. The van der Waals surface area contributed by atoms with E-state index in [2.05, 4.69) is 15.2 Å². The van der Waals surface area contributed by atoms with Crippen LogP contribution in [0.4, 0.5) is 0 Å². The van der Waals surface area contributed by atoms with Crippen molar-refractivity contribution in [2.75, 3.05) is 12.4 Å². The van der Waals surface area contributed by atoms with Crippen LogP contribution in [0, 0.1) is 0 Å². The zero-order valence-electron chi connectivity index (χ0n) is 8.07. The highest BCUT2D eigenvalue weighted by Gasteiger charge is 2.20. The van der Waals surface area contributed by atoms with Crippen molar-refractivity contribution in [3.8, 4) is 0 Å². The SMILES string of the molecule is OCCSc1n[nH]c(C2CCCC2)n1. The van der Waals surface area contributed by atoms with E-state index >= 15 is 0 Å². The number of H-pyrrole nitrogens is 1. The van der Waals surface area contributed by atoms with E-state index in [1.165, 1.54) is 37.4 Å². The molecule has 14 heavy (non-hydrogen) atoms. The molecule has 0 amide bonds. The molecule has 1 aliphatic rings. The van der Waals surface area contributed by atoms with Crippen molar-refractivity contribution in [3.05, 3.63) is 5.82 Å². The van der Waals surface area contributed by atoms with Gasteiger partial charge >= 0.3 is 0 Å². The van der Waals surface area contributed by atoms with E-state index in [0.717, 1.165) is 11.0 Å². The normalized spacial score (nSPS) is 17.8. The molecule has 0 saturated heterocycles. The third-order valence-electron chi connectivity index (χ3n) is 2.55. The van der Waals surface area contributed by atoms with Crippen LogP contribution in [0.3, 0.4) is 0 Å². The van der Waals surface area contributed by atoms with Crippen LogP contribution in [0.25, 0.3) is 0 Å². The molecule has 1 saturated carbocycles. The maximum absolute atomic E-state index is 8.66. The second kappa shape index (κ2) is 4.79. The molecule has 0 bridgehead atoms. The third kappa shape index (κ3) is 2.27. The van der Waals surface area contributed by atoms with Crippen LogP contribution in [0.15, 0.2) is 5.16 Å². The second-order valence-electron chi connectivity index (χ2n) is 3.56. The lowest BCUT2D eigenvalue weighted by molar-refractivity contribution is 0.322. The fourth-order valence-electron chi connectivity index (χ4n) is 1.84. The van der Waals surface area contributed by atoms with Crippen molar-refractivity contribution < 1.29 is 5.11 Å². The molecule has 1 heterocycles. The summed E-state index contributed by atoms with van der Waals surface area (Å²) in [6.07, 6.45) is 5.09. The summed E-state index contributed by atoms with van der Waals surface area (Å²) in [7, 11) is 0. The van der Waals surface area contributed by atoms with Gasteiger partial charge in [-0.15, -0.1) is 5.10 Å². The number of nitrogens with zero attached hydrogens (tertiary/aromatic N) is 2. The lowest BCUT2D eigenvalue weighted by Crippen LogP contribution is -1.94. The van der Waals surface area contributed by atoms with Gasteiger partial charge in [0.05, 0.1) is 6.61 Å². The molecule has 0 aromatic carbocycles. The van der Waals surface area contributed by atoms with E-state index < -0.39 is 0 Å². The van der Waals surface area contributed by atoms with Crippen LogP contribution in [0.1, 0.15) is 37.4 Å². The summed E-state index contributed by atoms with van der Waals surface area (Å²) in [5, 5.41) is 16.5. The number of aromatic nitrogens is 3. The molecule has 1 fully saturated rings. The van der Waals surface area contributed by atoms with E-state index in [0.29, 0.717) is 11.7 Å². The van der Waals surface area contributed by atoms with Gasteiger partial charge in [-0.25, -0.2) is 4.98 Å². The molecule has 78 valence electrons. The first-order valence-electron chi connectivity index (χ1n) is 5.06. The highest BCUT2D eigenvalue weighted by Crippen LogP contribution is 2.32. The molecule has 2 N–H and O–H groups in total. The number of aliphatic hydroxyl groups excluding tert-OH is 1. The molecule has 1 aromatic rings. The Bertz CT molecular complexity index is 283. The highest BCUT2D eigenvalue weighted by atomic mass is 32.2. The Kier molecular flexibility index (Phi) is 3.42. The summed E-state index contributed by atoms with van der Waals surface area (Å²) in [5.74, 6) is 2.29. The van der Waals surface area contributed by atoms with Gasteiger partial charge in [0, 0.05) is 11.7 Å². The lowest BCUT2D eigenvalue weighted by Gasteiger charge is -2.01. The van der Waals surface area contributed by atoms with Gasteiger partial charge in [-0.2, -0.15) is 0 Å². The Hall–Kier alpha value is -0.550. The fourth-order valence-corrected chi connectivity index (χ4v) is 2.39. The van der Waals surface area contributed by atoms with Crippen LogP contribution in [-0.4, -0.2) is 32.6 Å². The predicted molar refractivity (Wildman–Crippen MR) is 55.4 cm³/mol. The summed E-state index contributed by atoms with van der Waals surface area (Å²) in [6.45, 7) is 0.179. The van der Waals surface area contributed by atoms with E-state index in [1.807, 2.05) is 0 Å². The number of hydrogen-bond donors (Lipinski definition) is 2. The quantitative estimate of drug-likeness (QED) is 0.745. The minimum atomic E-state index is 0.179. The van der Waals surface area contributed by atoms with Gasteiger partial charge in [0.1, 0.15) is 5.82 Å². The molecule has 5 heteroatoms. The van der Waals surface area contributed by atoms with E-state index in [1.54, 1.807) is 0 Å². The number of aliphatic hydroxyl groups is 1. The Morgan fingerprint density at radius 2 is 2.21 bits per heavy atom. The van der Waals surface area contributed by atoms with Gasteiger partial charge < -0.3 is 5.11 Å². The molecule has 0 radical (unpaired) electrons.